The molecule has 1 nitrogen and oxygen atoms in total. The lowest BCUT2D eigenvalue weighted by Crippen LogP contribution is -2.20. The first kappa shape index (κ1) is 15.1. The minimum Gasteiger partial charge on any atom is -0.301 e. The molecule has 1 unspecified atom stereocenters. The largest absolute Gasteiger partial charge is 0.301 e. The minimum atomic E-state index is 0.168. The Balaban J connectivity index is 1.80. The third-order valence-electron chi connectivity index (χ3n) is 3.11. The third kappa shape index (κ3) is 3.87. The summed E-state index contributed by atoms with van der Waals surface area (Å²) in [5.74, 6) is 0. The molecule has 0 aliphatic heterocycles. The second kappa shape index (κ2) is 6.95. The zero-order valence-corrected chi connectivity index (χ0v) is 14.2. The molecule has 1 atom stereocenters. The third-order valence-corrected chi connectivity index (χ3v) is 5.57. The molecule has 1 N–H and O–H groups in total. The zero-order chi connectivity index (χ0) is 14.7. The van der Waals surface area contributed by atoms with E-state index in [-0.39, 0.29) is 6.04 Å². The van der Waals surface area contributed by atoms with Gasteiger partial charge in [-0.1, -0.05) is 41.4 Å². The van der Waals surface area contributed by atoms with Crippen LogP contribution < -0.4 is 5.32 Å². The molecule has 0 spiro atoms. The van der Waals surface area contributed by atoms with Crippen molar-refractivity contribution in [2.45, 2.75) is 12.6 Å². The molecule has 5 heteroatoms. The molecule has 0 fully saturated rings. The summed E-state index contributed by atoms with van der Waals surface area (Å²) in [5.41, 5.74) is 1.17. The lowest BCUT2D eigenvalue weighted by atomic mass is 10.1. The molecule has 0 bridgehead atoms. The smallest absolute Gasteiger partial charge is 0.0931 e. The van der Waals surface area contributed by atoms with E-state index in [0.717, 1.165) is 15.9 Å². The van der Waals surface area contributed by atoms with Gasteiger partial charge in [0.15, 0.2) is 0 Å². The highest BCUT2D eigenvalue weighted by molar-refractivity contribution is 7.16. The summed E-state index contributed by atoms with van der Waals surface area (Å²) in [4.78, 5) is 2.51. The van der Waals surface area contributed by atoms with E-state index < -0.39 is 0 Å². The molecule has 0 aliphatic carbocycles. The molecular weight excluding hydrogens is 341 g/mol. The van der Waals surface area contributed by atoms with Gasteiger partial charge in [0, 0.05) is 21.3 Å². The van der Waals surface area contributed by atoms with Gasteiger partial charge in [0.2, 0.25) is 0 Å². The maximum atomic E-state index is 6.08. The fourth-order valence-electron chi connectivity index (χ4n) is 2.15. The predicted molar refractivity (Wildman–Crippen MR) is 93.8 cm³/mol. The number of thiophene rings is 2. The summed E-state index contributed by atoms with van der Waals surface area (Å²) < 4.78 is 0.816. The minimum absolute atomic E-state index is 0.168. The van der Waals surface area contributed by atoms with Gasteiger partial charge in [0.05, 0.1) is 10.4 Å². The standard InChI is InChI=1S/C16H13Cl2NS2/c17-12-4-1-3-11(9-12)10-19-16(13-5-2-8-20-13)14-6-7-15(18)21-14/h1-9,16,19H,10H2. The molecule has 0 saturated heterocycles. The van der Waals surface area contributed by atoms with Gasteiger partial charge in [0.1, 0.15) is 0 Å². The van der Waals surface area contributed by atoms with Crippen LogP contribution in [0, 0.1) is 0 Å². The molecule has 21 heavy (non-hydrogen) atoms. The summed E-state index contributed by atoms with van der Waals surface area (Å²) >= 11 is 15.5. The lowest BCUT2D eigenvalue weighted by molar-refractivity contribution is 0.621. The second-order valence-corrected chi connectivity index (χ2v) is 7.76. The van der Waals surface area contributed by atoms with Crippen molar-refractivity contribution in [1.29, 1.82) is 0 Å². The van der Waals surface area contributed by atoms with Crippen LogP contribution in [-0.4, -0.2) is 0 Å². The van der Waals surface area contributed by atoms with E-state index in [9.17, 15) is 0 Å². The van der Waals surface area contributed by atoms with E-state index in [2.05, 4.69) is 35.0 Å². The summed E-state index contributed by atoms with van der Waals surface area (Å²) in [5, 5.41) is 6.46. The quantitative estimate of drug-likeness (QED) is 0.593. The molecule has 2 heterocycles. The van der Waals surface area contributed by atoms with Crippen molar-refractivity contribution >= 4 is 45.9 Å². The highest BCUT2D eigenvalue weighted by Gasteiger charge is 2.16. The molecule has 1 aromatic carbocycles. The molecule has 0 saturated carbocycles. The Morgan fingerprint density at radius 1 is 1.00 bits per heavy atom. The van der Waals surface area contributed by atoms with E-state index in [1.807, 2.05) is 24.3 Å². The van der Waals surface area contributed by atoms with Gasteiger partial charge in [-0.2, -0.15) is 0 Å². The van der Waals surface area contributed by atoms with Gasteiger partial charge in [-0.15, -0.1) is 22.7 Å². The van der Waals surface area contributed by atoms with Crippen molar-refractivity contribution in [1.82, 2.24) is 5.32 Å². The molecular formula is C16H13Cl2NS2. The van der Waals surface area contributed by atoms with Crippen LogP contribution in [0.25, 0.3) is 0 Å². The van der Waals surface area contributed by atoms with Crippen LogP contribution >= 0.6 is 45.9 Å². The number of halogens is 2. The van der Waals surface area contributed by atoms with Gasteiger partial charge < -0.3 is 5.32 Å². The number of nitrogens with one attached hydrogen (secondary N) is 1. The maximum Gasteiger partial charge on any atom is 0.0931 e. The predicted octanol–water partition coefficient (Wildman–Crippen LogP) is 6.00. The number of rotatable bonds is 5. The van der Waals surface area contributed by atoms with Crippen LogP contribution in [0.1, 0.15) is 21.4 Å². The van der Waals surface area contributed by atoms with E-state index in [4.69, 9.17) is 23.2 Å². The van der Waals surface area contributed by atoms with Crippen molar-refractivity contribution in [2.24, 2.45) is 0 Å². The molecule has 0 aliphatic rings. The lowest BCUT2D eigenvalue weighted by Gasteiger charge is -2.16. The SMILES string of the molecule is Clc1cccc(CNC(c2cccs2)c2ccc(Cl)s2)c1. The number of benzene rings is 1. The van der Waals surface area contributed by atoms with E-state index in [1.54, 1.807) is 22.7 Å². The number of hydrogen-bond donors (Lipinski definition) is 1. The van der Waals surface area contributed by atoms with Crippen molar-refractivity contribution in [3.8, 4) is 0 Å². The molecule has 2 aromatic heterocycles. The van der Waals surface area contributed by atoms with Gasteiger partial charge in [-0.25, -0.2) is 0 Å². The highest BCUT2D eigenvalue weighted by Crippen LogP contribution is 2.33. The summed E-state index contributed by atoms with van der Waals surface area (Å²) in [6.45, 7) is 0.763. The van der Waals surface area contributed by atoms with Gasteiger partial charge in [0.25, 0.3) is 0 Å². The Hall–Kier alpha value is -0.840. The van der Waals surface area contributed by atoms with Gasteiger partial charge >= 0.3 is 0 Å². The highest BCUT2D eigenvalue weighted by atomic mass is 35.5. The maximum absolute atomic E-state index is 6.08. The van der Waals surface area contributed by atoms with E-state index >= 15 is 0 Å². The Kier molecular flexibility index (Phi) is 4.99. The molecule has 3 rings (SSSR count). The van der Waals surface area contributed by atoms with Crippen molar-refractivity contribution in [2.75, 3.05) is 0 Å². The Labute approximate surface area is 142 Å². The summed E-state index contributed by atoms with van der Waals surface area (Å²) in [6.07, 6.45) is 0. The van der Waals surface area contributed by atoms with Crippen LogP contribution in [0.2, 0.25) is 9.36 Å². The van der Waals surface area contributed by atoms with Crippen LogP contribution in [0.15, 0.2) is 53.9 Å². The average Bonchev–Trinajstić information content (AvgIpc) is 3.12. The fourth-order valence-corrected chi connectivity index (χ4v) is 4.41. The molecule has 108 valence electrons. The topological polar surface area (TPSA) is 12.0 Å². The first-order valence-electron chi connectivity index (χ1n) is 6.49. The Bertz CT molecular complexity index is 707. The zero-order valence-electron chi connectivity index (χ0n) is 11.1. The Morgan fingerprint density at radius 2 is 1.90 bits per heavy atom. The Morgan fingerprint density at radius 3 is 2.57 bits per heavy atom. The first-order chi connectivity index (χ1) is 10.2. The van der Waals surface area contributed by atoms with E-state index in [1.165, 1.54) is 15.3 Å². The number of hydrogen-bond acceptors (Lipinski definition) is 3. The second-order valence-electron chi connectivity index (χ2n) is 4.60. The van der Waals surface area contributed by atoms with Gasteiger partial charge in [-0.3, -0.25) is 0 Å². The van der Waals surface area contributed by atoms with Crippen molar-refractivity contribution in [3.05, 3.63) is 78.6 Å². The van der Waals surface area contributed by atoms with Crippen LogP contribution in [0.3, 0.4) is 0 Å². The molecule has 0 radical (unpaired) electrons. The van der Waals surface area contributed by atoms with Crippen LogP contribution in [-0.2, 0) is 6.54 Å². The van der Waals surface area contributed by atoms with Crippen LogP contribution in [0.4, 0.5) is 0 Å². The van der Waals surface area contributed by atoms with Crippen LogP contribution in [0.5, 0.6) is 0 Å². The van der Waals surface area contributed by atoms with Crippen molar-refractivity contribution in [3.63, 3.8) is 0 Å². The first-order valence-corrected chi connectivity index (χ1v) is 8.94. The monoisotopic (exact) mass is 353 g/mol. The van der Waals surface area contributed by atoms with Crippen molar-refractivity contribution < 1.29 is 0 Å². The summed E-state index contributed by atoms with van der Waals surface area (Å²) in [6, 6.07) is 16.3. The molecule has 3 aromatic rings. The molecule has 0 amide bonds. The van der Waals surface area contributed by atoms with Gasteiger partial charge in [-0.05, 0) is 41.3 Å². The fraction of sp³-hybridized carbons (Fsp3) is 0.125. The van der Waals surface area contributed by atoms with E-state index in [0.29, 0.717) is 0 Å². The normalized spacial score (nSPS) is 12.5. The average molecular weight is 354 g/mol. The summed E-state index contributed by atoms with van der Waals surface area (Å²) in [7, 11) is 0.